The van der Waals surface area contributed by atoms with E-state index in [1.165, 1.54) is 18.6 Å². The van der Waals surface area contributed by atoms with Gasteiger partial charge in [-0.05, 0) is 31.0 Å². The number of hydrogen-bond donors (Lipinski definition) is 2. The summed E-state index contributed by atoms with van der Waals surface area (Å²) in [6.45, 7) is -0.316. The molecule has 1 aromatic rings. The predicted octanol–water partition coefficient (Wildman–Crippen LogP) is 2.23. The van der Waals surface area contributed by atoms with Crippen LogP contribution in [-0.2, 0) is 0 Å². The maximum Gasteiger partial charge on any atom is 0.251 e. The van der Waals surface area contributed by atoms with E-state index < -0.39 is 5.82 Å². The fourth-order valence-electron chi connectivity index (χ4n) is 2.41. The molecule has 1 aliphatic carbocycles. The average Bonchev–Trinajstić information content (AvgIpc) is 2.47. The molecule has 0 unspecified atom stereocenters. The lowest BCUT2D eigenvalue weighted by atomic mass is 9.95. The largest absolute Gasteiger partial charge is 0.384 e. The number of carbonyl (C=O) groups excluding carboxylic acids is 1. The topological polar surface area (TPSA) is 49.3 Å². The molecule has 2 N–H and O–H groups in total. The minimum atomic E-state index is -0.540. The van der Waals surface area contributed by atoms with Crippen LogP contribution >= 0.6 is 0 Å². The Labute approximate surface area is 118 Å². The standard InChI is InChI=1S/C16H18FNO2/c17-15-11-13(9-8-12(15)5-4-10-19)16(20)18-14-6-2-1-3-7-14/h8-9,11,14,19H,1-3,6-7,10H2,(H,18,20). The molecule has 1 aliphatic rings. The Morgan fingerprint density at radius 2 is 2.10 bits per heavy atom. The molecular formula is C16H18FNO2. The second kappa shape index (κ2) is 7.06. The van der Waals surface area contributed by atoms with E-state index in [2.05, 4.69) is 17.2 Å². The molecule has 20 heavy (non-hydrogen) atoms. The summed E-state index contributed by atoms with van der Waals surface area (Å²) in [6, 6.07) is 4.42. The van der Waals surface area contributed by atoms with E-state index in [1.54, 1.807) is 6.07 Å². The van der Waals surface area contributed by atoms with Crippen LogP contribution in [0.15, 0.2) is 18.2 Å². The Balaban J connectivity index is 2.04. The zero-order valence-electron chi connectivity index (χ0n) is 11.3. The van der Waals surface area contributed by atoms with Crippen LogP contribution in [0.3, 0.4) is 0 Å². The molecular weight excluding hydrogens is 257 g/mol. The summed E-state index contributed by atoms with van der Waals surface area (Å²) in [5, 5.41) is 11.5. The number of aliphatic hydroxyl groups is 1. The number of rotatable bonds is 2. The Kier molecular flexibility index (Phi) is 5.14. The van der Waals surface area contributed by atoms with Gasteiger partial charge in [-0.15, -0.1) is 0 Å². The second-order valence-corrected chi connectivity index (χ2v) is 4.96. The summed E-state index contributed by atoms with van der Waals surface area (Å²) in [7, 11) is 0. The van der Waals surface area contributed by atoms with Gasteiger partial charge >= 0.3 is 0 Å². The lowest BCUT2D eigenvalue weighted by molar-refractivity contribution is 0.0927. The van der Waals surface area contributed by atoms with Crippen molar-refractivity contribution in [2.45, 2.75) is 38.1 Å². The van der Waals surface area contributed by atoms with Crippen molar-refractivity contribution in [3.8, 4) is 11.8 Å². The van der Waals surface area contributed by atoms with Crippen LogP contribution in [0.4, 0.5) is 4.39 Å². The van der Waals surface area contributed by atoms with Crippen LogP contribution in [0.25, 0.3) is 0 Å². The Morgan fingerprint density at radius 1 is 1.35 bits per heavy atom. The SMILES string of the molecule is O=C(NC1CCCCC1)c1ccc(C#CCO)c(F)c1. The molecule has 106 valence electrons. The highest BCUT2D eigenvalue weighted by atomic mass is 19.1. The number of hydrogen-bond acceptors (Lipinski definition) is 2. The van der Waals surface area contributed by atoms with Gasteiger partial charge in [0.1, 0.15) is 12.4 Å². The molecule has 1 fully saturated rings. The van der Waals surface area contributed by atoms with Crippen LogP contribution in [0.2, 0.25) is 0 Å². The minimum Gasteiger partial charge on any atom is -0.384 e. The lowest BCUT2D eigenvalue weighted by Crippen LogP contribution is -2.36. The molecule has 0 aromatic heterocycles. The molecule has 0 aliphatic heterocycles. The first-order chi connectivity index (χ1) is 9.70. The number of aliphatic hydroxyl groups excluding tert-OH is 1. The van der Waals surface area contributed by atoms with Crippen molar-refractivity contribution in [1.82, 2.24) is 5.32 Å². The van der Waals surface area contributed by atoms with E-state index in [4.69, 9.17) is 5.11 Å². The van der Waals surface area contributed by atoms with Crippen LogP contribution in [0.5, 0.6) is 0 Å². The zero-order valence-corrected chi connectivity index (χ0v) is 11.3. The maximum atomic E-state index is 13.7. The molecule has 1 aromatic carbocycles. The molecule has 3 nitrogen and oxygen atoms in total. The van der Waals surface area contributed by atoms with E-state index in [9.17, 15) is 9.18 Å². The monoisotopic (exact) mass is 275 g/mol. The van der Waals surface area contributed by atoms with Gasteiger partial charge in [-0.3, -0.25) is 4.79 Å². The van der Waals surface area contributed by atoms with Gasteiger partial charge in [0, 0.05) is 11.6 Å². The Hall–Kier alpha value is -1.86. The van der Waals surface area contributed by atoms with Crippen molar-refractivity contribution in [3.63, 3.8) is 0 Å². The molecule has 0 bridgehead atoms. The molecule has 1 saturated carbocycles. The average molecular weight is 275 g/mol. The van der Waals surface area contributed by atoms with Gasteiger partial charge in [0.15, 0.2) is 0 Å². The van der Waals surface area contributed by atoms with E-state index in [0.29, 0.717) is 5.56 Å². The smallest absolute Gasteiger partial charge is 0.251 e. The van der Waals surface area contributed by atoms with E-state index in [-0.39, 0.29) is 24.1 Å². The van der Waals surface area contributed by atoms with Gasteiger partial charge in [-0.2, -0.15) is 0 Å². The third kappa shape index (κ3) is 3.82. The number of amides is 1. The summed E-state index contributed by atoms with van der Waals surface area (Å²) in [4.78, 5) is 12.0. The molecule has 1 amide bonds. The molecule has 2 rings (SSSR count). The predicted molar refractivity (Wildman–Crippen MR) is 74.7 cm³/mol. The molecule has 4 heteroatoms. The van der Waals surface area contributed by atoms with Crippen molar-refractivity contribution in [1.29, 1.82) is 0 Å². The van der Waals surface area contributed by atoms with Crippen LogP contribution in [0, 0.1) is 17.7 Å². The second-order valence-electron chi connectivity index (χ2n) is 4.96. The van der Waals surface area contributed by atoms with Crippen LogP contribution < -0.4 is 5.32 Å². The first kappa shape index (κ1) is 14.5. The highest BCUT2D eigenvalue weighted by Crippen LogP contribution is 2.18. The summed E-state index contributed by atoms with van der Waals surface area (Å²) >= 11 is 0. The molecule has 0 atom stereocenters. The normalized spacial score (nSPS) is 15.3. The van der Waals surface area contributed by atoms with Crippen molar-refractivity contribution in [2.75, 3.05) is 6.61 Å². The number of carbonyl (C=O) groups is 1. The van der Waals surface area contributed by atoms with Gasteiger partial charge < -0.3 is 10.4 Å². The number of nitrogens with one attached hydrogen (secondary N) is 1. The molecule has 0 saturated heterocycles. The van der Waals surface area contributed by atoms with Gasteiger partial charge in [0.25, 0.3) is 5.91 Å². The minimum absolute atomic E-state index is 0.188. The third-order valence-electron chi connectivity index (χ3n) is 3.47. The zero-order chi connectivity index (χ0) is 14.4. The third-order valence-corrected chi connectivity index (χ3v) is 3.47. The molecule has 0 heterocycles. The Morgan fingerprint density at radius 3 is 2.75 bits per heavy atom. The molecule has 0 spiro atoms. The first-order valence-corrected chi connectivity index (χ1v) is 6.91. The van der Waals surface area contributed by atoms with E-state index >= 15 is 0 Å². The fraction of sp³-hybridized carbons (Fsp3) is 0.438. The summed E-state index contributed by atoms with van der Waals surface area (Å²) in [5.41, 5.74) is 0.496. The van der Waals surface area contributed by atoms with Crippen LogP contribution in [0.1, 0.15) is 48.0 Å². The summed E-state index contributed by atoms with van der Waals surface area (Å²) in [5.74, 6) is 4.11. The lowest BCUT2D eigenvalue weighted by Gasteiger charge is -2.22. The number of benzene rings is 1. The fourth-order valence-corrected chi connectivity index (χ4v) is 2.41. The highest BCUT2D eigenvalue weighted by Gasteiger charge is 2.17. The van der Waals surface area contributed by atoms with E-state index in [0.717, 1.165) is 25.7 Å². The summed E-state index contributed by atoms with van der Waals surface area (Å²) < 4.78 is 13.7. The summed E-state index contributed by atoms with van der Waals surface area (Å²) in [6.07, 6.45) is 5.48. The van der Waals surface area contributed by atoms with Crippen LogP contribution in [-0.4, -0.2) is 23.7 Å². The molecule has 0 radical (unpaired) electrons. The highest BCUT2D eigenvalue weighted by molar-refractivity contribution is 5.94. The van der Waals surface area contributed by atoms with Gasteiger partial charge in [0.05, 0.1) is 5.56 Å². The Bertz CT molecular complexity index is 539. The number of halogens is 1. The van der Waals surface area contributed by atoms with Gasteiger partial charge in [0.2, 0.25) is 0 Å². The quantitative estimate of drug-likeness (QED) is 0.813. The maximum absolute atomic E-state index is 13.7. The van der Waals surface area contributed by atoms with Gasteiger partial charge in [-0.1, -0.05) is 31.1 Å². The van der Waals surface area contributed by atoms with Crippen molar-refractivity contribution in [2.24, 2.45) is 0 Å². The first-order valence-electron chi connectivity index (χ1n) is 6.91. The van der Waals surface area contributed by atoms with Crippen molar-refractivity contribution in [3.05, 3.63) is 35.1 Å². The van der Waals surface area contributed by atoms with Crippen molar-refractivity contribution < 1.29 is 14.3 Å². The van der Waals surface area contributed by atoms with E-state index in [1.807, 2.05) is 0 Å². The van der Waals surface area contributed by atoms with Crippen molar-refractivity contribution >= 4 is 5.91 Å². The van der Waals surface area contributed by atoms with Gasteiger partial charge in [-0.25, -0.2) is 4.39 Å².